The molecule has 0 radical (unpaired) electrons. The maximum absolute atomic E-state index is 10.7. The van der Waals surface area contributed by atoms with E-state index in [2.05, 4.69) is 11.3 Å². The van der Waals surface area contributed by atoms with Crippen LogP contribution in [0.1, 0.15) is 13.3 Å². The molecule has 0 atom stereocenters. The maximum Gasteiger partial charge on any atom is 0.333 e. The molecule has 0 bridgehead atoms. The SMILES string of the molecule is C=C(CC(=O)O)C(=O)OCC.O=CO. The first-order chi connectivity index (χ1) is 6.49. The zero-order chi connectivity index (χ0) is 11.6. The molecule has 14 heavy (non-hydrogen) atoms. The van der Waals surface area contributed by atoms with Crippen LogP contribution < -0.4 is 0 Å². The molecule has 0 heterocycles. The number of hydrogen-bond acceptors (Lipinski definition) is 4. The molecule has 0 rings (SSSR count). The number of esters is 1. The minimum absolute atomic E-state index is 0.0284. The summed E-state index contributed by atoms with van der Waals surface area (Å²) in [4.78, 5) is 29.1. The molecule has 0 saturated carbocycles. The Kier molecular flexibility index (Phi) is 9.68. The molecule has 6 nitrogen and oxygen atoms in total. The first-order valence-corrected chi connectivity index (χ1v) is 3.64. The summed E-state index contributed by atoms with van der Waals surface area (Å²) < 4.78 is 4.50. The summed E-state index contributed by atoms with van der Waals surface area (Å²) >= 11 is 0. The lowest BCUT2D eigenvalue weighted by molar-refractivity contribution is -0.142. The Bertz CT molecular complexity index is 220. The second kappa shape index (κ2) is 9.24. The molecule has 0 unspecified atom stereocenters. The molecule has 0 aromatic rings. The number of ether oxygens (including phenoxy) is 1. The van der Waals surface area contributed by atoms with Gasteiger partial charge >= 0.3 is 11.9 Å². The molecule has 0 amide bonds. The van der Waals surface area contributed by atoms with Gasteiger partial charge in [0.15, 0.2) is 0 Å². The molecule has 0 spiro atoms. The largest absolute Gasteiger partial charge is 0.483 e. The van der Waals surface area contributed by atoms with E-state index in [-0.39, 0.29) is 25.1 Å². The number of carboxylic acids is 1. The monoisotopic (exact) mass is 204 g/mol. The Hall–Kier alpha value is -1.85. The molecule has 0 aliphatic heterocycles. The molecule has 2 N–H and O–H groups in total. The average molecular weight is 204 g/mol. The van der Waals surface area contributed by atoms with Crippen LogP contribution in [-0.2, 0) is 19.1 Å². The van der Waals surface area contributed by atoms with Crippen molar-refractivity contribution in [1.29, 1.82) is 0 Å². The van der Waals surface area contributed by atoms with Crippen LogP contribution in [0, 0.1) is 0 Å². The van der Waals surface area contributed by atoms with E-state index in [1.165, 1.54) is 0 Å². The Morgan fingerprint density at radius 2 is 1.93 bits per heavy atom. The number of carboxylic acid groups (broad SMARTS) is 2. The Morgan fingerprint density at radius 3 is 2.21 bits per heavy atom. The predicted molar refractivity (Wildman–Crippen MR) is 46.7 cm³/mol. The van der Waals surface area contributed by atoms with Crippen molar-refractivity contribution in [2.24, 2.45) is 0 Å². The van der Waals surface area contributed by atoms with Crippen molar-refractivity contribution in [1.82, 2.24) is 0 Å². The lowest BCUT2D eigenvalue weighted by Crippen LogP contribution is -2.10. The van der Waals surface area contributed by atoms with Gasteiger partial charge in [-0.1, -0.05) is 6.58 Å². The third kappa shape index (κ3) is 10.2. The van der Waals surface area contributed by atoms with Gasteiger partial charge in [-0.15, -0.1) is 0 Å². The first-order valence-electron chi connectivity index (χ1n) is 3.64. The smallest absolute Gasteiger partial charge is 0.333 e. The van der Waals surface area contributed by atoms with Crippen LogP contribution >= 0.6 is 0 Å². The van der Waals surface area contributed by atoms with E-state index in [9.17, 15) is 9.59 Å². The van der Waals surface area contributed by atoms with Crippen LogP contribution in [0.5, 0.6) is 0 Å². The van der Waals surface area contributed by atoms with Crippen molar-refractivity contribution in [3.8, 4) is 0 Å². The highest BCUT2D eigenvalue weighted by atomic mass is 16.5. The lowest BCUT2D eigenvalue weighted by Gasteiger charge is -2.00. The first kappa shape index (κ1) is 14.7. The normalized spacial score (nSPS) is 7.79. The van der Waals surface area contributed by atoms with E-state index >= 15 is 0 Å². The summed E-state index contributed by atoms with van der Waals surface area (Å²) in [6.45, 7) is 4.89. The van der Waals surface area contributed by atoms with Gasteiger partial charge < -0.3 is 14.9 Å². The average Bonchev–Trinajstić information content (AvgIpc) is 2.04. The van der Waals surface area contributed by atoms with Gasteiger partial charge in [-0.3, -0.25) is 9.59 Å². The van der Waals surface area contributed by atoms with Crippen LogP contribution in [0.3, 0.4) is 0 Å². The molecule has 80 valence electrons. The van der Waals surface area contributed by atoms with Crippen molar-refractivity contribution >= 4 is 18.4 Å². The number of aliphatic carboxylic acids is 1. The summed E-state index contributed by atoms with van der Waals surface area (Å²) in [7, 11) is 0. The van der Waals surface area contributed by atoms with Gasteiger partial charge in [0.1, 0.15) is 0 Å². The maximum atomic E-state index is 10.7. The zero-order valence-corrected chi connectivity index (χ0v) is 7.73. The van der Waals surface area contributed by atoms with Crippen molar-refractivity contribution in [3.05, 3.63) is 12.2 Å². The molecule has 6 heteroatoms. The summed E-state index contributed by atoms with van der Waals surface area (Å²) in [6.07, 6.45) is -0.362. The van der Waals surface area contributed by atoms with Crippen LogP contribution in [0.4, 0.5) is 0 Å². The van der Waals surface area contributed by atoms with Gasteiger partial charge in [-0.25, -0.2) is 4.79 Å². The highest BCUT2D eigenvalue weighted by Crippen LogP contribution is 2.00. The third-order valence-corrected chi connectivity index (χ3v) is 0.929. The van der Waals surface area contributed by atoms with Crippen molar-refractivity contribution < 1.29 is 29.3 Å². The standard InChI is InChI=1S/C7H10O4.CH2O2/c1-3-11-7(10)5(2)4-6(8)9;2-1-3/h2-4H2,1H3,(H,8,9);1H,(H,2,3). The van der Waals surface area contributed by atoms with Gasteiger partial charge in [-0.2, -0.15) is 0 Å². The lowest BCUT2D eigenvalue weighted by atomic mass is 10.2. The van der Waals surface area contributed by atoms with E-state index in [0.717, 1.165) is 0 Å². The van der Waals surface area contributed by atoms with E-state index < -0.39 is 11.9 Å². The number of carbonyl (C=O) groups is 3. The second-order valence-electron chi connectivity index (χ2n) is 2.00. The van der Waals surface area contributed by atoms with Crippen LogP contribution in [0.2, 0.25) is 0 Å². The van der Waals surface area contributed by atoms with Gasteiger partial charge in [0, 0.05) is 5.57 Å². The van der Waals surface area contributed by atoms with E-state index in [0.29, 0.717) is 0 Å². The fraction of sp³-hybridized carbons (Fsp3) is 0.375. The van der Waals surface area contributed by atoms with E-state index in [1.54, 1.807) is 6.92 Å². The highest BCUT2D eigenvalue weighted by molar-refractivity contribution is 5.92. The molecular formula is C8H12O6. The molecule has 0 aliphatic rings. The number of carbonyl (C=O) groups excluding carboxylic acids is 1. The quantitative estimate of drug-likeness (QED) is 0.387. The molecule has 0 aromatic heterocycles. The number of hydrogen-bond donors (Lipinski definition) is 2. The van der Waals surface area contributed by atoms with Crippen LogP contribution in [-0.4, -0.2) is 35.2 Å². The Morgan fingerprint density at radius 1 is 1.50 bits per heavy atom. The van der Waals surface area contributed by atoms with Crippen LogP contribution in [0.15, 0.2) is 12.2 Å². The zero-order valence-electron chi connectivity index (χ0n) is 7.73. The Balaban J connectivity index is 0. The summed E-state index contributed by atoms with van der Waals surface area (Å²) in [5.74, 6) is -1.72. The Labute approximate surface area is 80.8 Å². The van der Waals surface area contributed by atoms with E-state index in [4.69, 9.17) is 15.0 Å². The van der Waals surface area contributed by atoms with Gasteiger partial charge in [-0.05, 0) is 6.92 Å². The second-order valence-corrected chi connectivity index (χ2v) is 2.00. The van der Waals surface area contributed by atoms with Gasteiger partial charge in [0.25, 0.3) is 6.47 Å². The van der Waals surface area contributed by atoms with E-state index in [1.807, 2.05) is 0 Å². The fourth-order valence-corrected chi connectivity index (χ4v) is 0.488. The summed E-state index contributed by atoms with van der Waals surface area (Å²) in [6, 6.07) is 0. The summed E-state index contributed by atoms with van der Waals surface area (Å²) in [5, 5.41) is 15.1. The molecule has 0 aromatic carbocycles. The van der Waals surface area contributed by atoms with Crippen LogP contribution in [0.25, 0.3) is 0 Å². The topological polar surface area (TPSA) is 101 Å². The summed E-state index contributed by atoms with van der Waals surface area (Å²) in [5.41, 5.74) is -0.0284. The molecular weight excluding hydrogens is 192 g/mol. The minimum atomic E-state index is -1.08. The van der Waals surface area contributed by atoms with Gasteiger partial charge in [0.2, 0.25) is 0 Å². The predicted octanol–water partition coefficient (Wildman–Crippen LogP) is 0.281. The number of rotatable bonds is 4. The molecule has 0 saturated heterocycles. The van der Waals surface area contributed by atoms with Crippen molar-refractivity contribution in [2.45, 2.75) is 13.3 Å². The van der Waals surface area contributed by atoms with Gasteiger partial charge in [0.05, 0.1) is 13.0 Å². The molecule has 0 aliphatic carbocycles. The van der Waals surface area contributed by atoms with Crippen molar-refractivity contribution in [3.63, 3.8) is 0 Å². The molecule has 0 fully saturated rings. The fourth-order valence-electron chi connectivity index (χ4n) is 0.488. The highest BCUT2D eigenvalue weighted by Gasteiger charge is 2.10. The van der Waals surface area contributed by atoms with Crippen molar-refractivity contribution in [2.75, 3.05) is 6.61 Å². The minimum Gasteiger partial charge on any atom is -0.483 e. The third-order valence-electron chi connectivity index (χ3n) is 0.929.